The third-order valence-corrected chi connectivity index (χ3v) is 2.24. The van der Waals surface area contributed by atoms with Crippen molar-refractivity contribution < 1.29 is 0 Å². The van der Waals surface area contributed by atoms with Gasteiger partial charge in [0.15, 0.2) is 0 Å². The maximum atomic E-state index is 4.26. The van der Waals surface area contributed by atoms with Crippen LogP contribution in [0.2, 0.25) is 0 Å². The summed E-state index contributed by atoms with van der Waals surface area (Å²) in [6, 6.07) is 9.64. The molecule has 3 aromatic rings. The maximum Gasteiger partial charge on any atom is 0.242 e. The molecule has 0 amide bonds. The van der Waals surface area contributed by atoms with Crippen LogP contribution in [0.1, 0.15) is 0 Å². The van der Waals surface area contributed by atoms with E-state index in [1.165, 1.54) is 0 Å². The Hall–Kier alpha value is -2.43. The predicted octanol–water partition coefficient (Wildman–Crippen LogP) is 1.70. The number of anilines is 1. The van der Waals surface area contributed by atoms with Crippen LogP contribution in [0.4, 0.5) is 5.95 Å². The van der Waals surface area contributed by atoms with Gasteiger partial charge in [0, 0.05) is 12.4 Å². The second-order valence-corrected chi connectivity index (χ2v) is 3.29. The molecule has 78 valence electrons. The molecule has 0 saturated carbocycles. The van der Waals surface area contributed by atoms with Crippen molar-refractivity contribution in [1.82, 2.24) is 19.6 Å². The highest BCUT2D eigenvalue weighted by Crippen LogP contribution is 2.11. The first-order chi connectivity index (χ1) is 7.93. The first-order valence-corrected chi connectivity index (χ1v) is 4.89. The molecule has 5 nitrogen and oxygen atoms in total. The summed E-state index contributed by atoms with van der Waals surface area (Å²) in [6.07, 6.45) is 5.09. The molecule has 0 unspecified atom stereocenters. The lowest BCUT2D eigenvalue weighted by Crippen LogP contribution is -2.09. The fraction of sp³-hybridized carbons (Fsp3) is 0. The van der Waals surface area contributed by atoms with Crippen molar-refractivity contribution in [2.45, 2.75) is 0 Å². The molecule has 0 radical (unpaired) electrons. The van der Waals surface area contributed by atoms with E-state index >= 15 is 0 Å². The Kier molecular flexibility index (Phi) is 2.00. The zero-order chi connectivity index (χ0) is 10.8. The summed E-state index contributed by atoms with van der Waals surface area (Å²) >= 11 is 0. The van der Waals surface area contributed by atoms with Crippen LogP contribution in [-0.4, -0.2) is 19.6 Å². The Morgan fingerprint density at radius 2 is 1.75 bits per heavy atom. The monoisotopic (exact) mass is 211 g/mol. The summed E-state index contributed by atoms with van der Waals surface area (Å²) in [4.78, 5) is 12.4. The van der Waals surface area contributed by atoms with Gasteiger partial charge in [-0.2, -0.15) is 0 Å². The van der Waals surface area contributed by atoms with Crippen LogP contribution in [0.25, 0.3) is 11.0 Å². The number of imidazole rings is 1. The Morgan fingerprint density at radius 1 is 0.938 bits per heavy atom. The van der Waals surface area contributed by atoms with Gasteiger partial charge < -0.3 is 0 Å². The molecule has 1 N–H and O–H groups in total. The number of fused-ring (bicyclic) bond motifs is 1. The molecule has 1 aromatic carbocycles. The number of para-hydroxylation sites is 2. The predicted molar refractivity (Wildman–Crippen MR) is 60.8 cm³/mol. The summed E-state index contributed by atoms with van der Waals surface area (Å²) in [5.74, 6) is 0.547. The highest BCUT2D eigenvalue weighted by Gasteiger charge is 2.01. The van der Waals surface area contributed by atoms with Gasteiger partial charge in [-0.1, -0.05) is 12.1 Å². The number of rotatable bonds is 2. The number of nitrogens with one attached hydrogen (secondary N) is 1. The van der Waals surface area contributed by atoms with Crippen molar-refractivity contribution in [3.63, 3.8) is 0 Å². The highest BCUT2D eigenvalue weighted by atomic mass is 15.5. The van der Waals surface area contributed by atoms with Crippen LogP contribution in [0.3, 0.4) is 0 Å². The summed E-state index contributed by atoms with van der Waals surface area (Å²) in [5, 5.41) is 0. The lowest BCUT2D eigenvalue weighted by Gasteiger charge is -2.05. The van der Waals surface area contributed by atoms with Crippen molar-refractivity contribution in [1.29, 1.82) is 0 Å². The molecule has 16 heavy (non-hydrogen) atoms. The van der Waals surface area contributed by atoms with E-state index in [2.05, 4.69) is 20.4 Å². The van der Waals surface area contributed by atoms with Gasteiger partial charge in [-0.3, -0.25) is 5.43 Å². The normalized spacial score (nSPS) is 10.5. The molecule has 0 aliphatic carbocycles. The first kappa shape index (κ1) is 8.84. The minimum atomic E-state index is 0.547. The van der Waals surface area contributed by atoms with E-state index in [4.69, 9.17) is 0 Å². The summed E-state index contributed by atoms with van der Waals surface area (Å²) in [7, 11) is 0. The van der Waals surface area contributed by atoms with Crippen LogP contribution < -0.4 is 5.43 Å². The zero-order valence-corrected chi connectivity index (χ0v) is 8.41. The minimum absolute atomic E-state index is 0.547. The zero-order valence-electron chi connectivity index (χ0n) is 8.41. The number of benzene rings is 1. The SMILES string of the molecule is c1cnc(Nn2cnc3ccccc32)nc1. The lowest BCUT2D eigenvalue weighted by atomic mass is 10.3. The van der Waals surface area contributed by atoms with Gasteiger partial charge in [-0.15, -0.1) is 0 Å². The van der Waals surface area contributed by atoms with E-state index < -0.39 is 0 Å². The van der Waals surface area contributed by atoms with Crippen molar-refractivity contribution in [2.24, 2.45) is 0 Å². The Balaban J connectivity index is 2.01. The van der Waals surface area contributed by atoms with Crippen LogP contribution in [-0.2, 0) is 0 Å². The van der Waals surface area contributed by atoms with Crippen LogP contribution in [0.15, 0.2) is 49.1 Å². The van der Waals surface area contributed by atoms with E-state index in [-0.39, 0.29) is 0 Å². The van der Waals surface area contributed by atoms with E-state index in [0.717, 1.165) is 11.0 Å². The molecule has 0 spiro atoms. The fourth-order valence-electron chi connectivity index (χ4n) is 1.51. The topological polar surface area (TPSA) is 55.6 Å². The second-order valence-electron chi connectivity index (χ2n) is 3.29. The molecule has 0 aliphatic heterocycles. The largest absolute Gasteiger partial charge is 0.260 e. The first-order valence-electron chi connectivity index (χ1n) is 4.89. The Bertz CT molecular complexity index is 602. The smallest absolute Gasteiger partial charge is 0.242 e. The van der Waals surface area contributed by atoms with E-state index in [1.807, 2.05) is 24.3 Å². The molecule has 0 atom stereocenters. The van der Waals surface area contributed by atoms with Crippen LogP contribution >= 0.6 is 0 Å². The molecule has 2 aromatic heterocycles. The lowest BCUT2D eigenvalue weighted by molar-refractivity contribution is 0.943. The van der Waals surface area contributed by atoms with Crippen molar-refractivity contribution in [3.05, 3.63) is 49.1 Å². The summed E-state index contributed by atoms with van der Waals surface area (Å²) < 4.78 is 1.80. The average Bonchev–Trinajstić information content (AvgIpc) is 2.74. The molecule has 0 saturated heterocycles. The number of hydrogen-bond acceptors (Lipinski definition) is 4. The van der Waals surface area contributed by atoms with Gasteiger partial charge in [-0.05, 0) is 18.2 Å². The van der Waals surface area contributed by atoms with Crippen molar-refractivity contribution in [3.8, 4) is 0 Å². The number of nitrogens with zero attached hydrogens (tertiary/aromatic N) is 4. The van der Waals surface area contributed by atoms with Crippen molar-refractivity contribution >= 4 is 17.0 Å². The quantitative estimate of drug-likeness (QED) is 0.701. The second kappa shape index (κ2) is 3.62. The maximum absolute atomic E-state index is 4.26. The highest BCUT2D eigenvalue weighted by molar-refractivity contribution is 5.75. The third kappa shape index (κ3) is 1.48. The molecular weight excluding hydrogens is 202 g/mol. The van der Waals surface area contributed by atoms with Gasteiger partial charge in [-0.25, -0.2) is 19.6 Å². The van der Waals surface area contributed by atoms with E-state index in [1.54, 1.807) is 29.5 Å². The fourth-order valence-corrected chi connectivity index (χ4v) is 1.51. The minimum Gasteiger partial charge on any atom is -0.260 e. The van der Waals surface area contributed by atoms with E-state index in [0.29, 0.717) is 5.95 Å². The van der Waals surface area contributed by atoms with Gasteiger partial charge >= 0.3 is 0 Å². The number of aromatic nitrogens is 4. The van der Waals surface area contributed by atoms with Gasteiger partial charge in [0.25, 0.3) is 0 Å². The van der Waals surface area contributed by atoms with Gasteiger partial charge in [0.05, 0.1) is 11.0 Å². The van der Waals surface area contributed by atoms with E-state index in [9.17, 15) is 0 Å². The average molecular weight is 211 g/mol. The third-order valence-electron chi connectivity index (χ3n) is 2.24. The molecule has 5 heteroatoms. The Morgan fingerprint density at radius 3 is 2.62 bits per heavy atom. The van der Waals surface area contributed by atoms with Crippen LogP contribution in [0, 0.1) is 0 Å². The van der Waals surface area contributed by atoms with Gasteiger partial charge in [0.1, 0.15) is 6.33 Å². The molecule has 0 bridgehead atoms. The standard InChI is InChI=1S/C11H9N5/c1-2-5-10-9(4-1)14-8-16(10)15-11-12-6-3-7-13-11/h1-8H,(H,12,13,15). The summed E-state index contributed by atoms with van der Waals surface area (Å²) in [6.45, 7) is 0. The molecular formula is C11H9N5. The van der Waals surface area contributed by atoms with Crippen LogP contribution in [0.5, 0.6) is 0 Å². The molecule has 2 heterocycles. The Labute approximate surface area is 91.8 Å². The molecule has 0 fully saturated rings. The van der Waals surface area contributed by atoms with Gasteiger partial charge in [0.2, 0.25) is 5.95 Å². The molecule has 0 aliphatic rings. The van der Waals surface area contributed by atoms with Crippen molar-refractivity contribution in [2.75, 3.05) is 5.43 Å². The summed E-state index contributed by atoms with van der Waals surface area (Å²) in [5.41, 5.74) is 4.99. The number of hydrogen-bond donors (Lipinski definition) is 1. The molecule has 3 rings (SSSR count).